The van der Waals surface area contributed by atoms with Crippen LogP contribution in [-0.2, 0) is 19.1 Å². The molecule has 0 spiro atoms. The van der Waals surface area contributed by atoms with Crippen molar-refractivity contribution in [1.29, 1.82) is 0 Å². The van der Waals surface area contributed by atoms with Crippen LogP contribution in [0.1, 0.15) is 40.5 Å². The molecule has 0 fully saturated rings. The summed E-state index contributed by atoms with van der Waals surface area (Å²) in [6.45, 7) is 7.44. The Balaban J connectivity index is 4.45. The van der Waals surface area contributed by atoms with Gasteiger partial charge in [0.1, 0.15) is 6.04 Å². The molecule has 19 heavy (non-hydrogen) atoms. The molecule has 0 saturated carbocycles. The molecule has 0 aromatic carbocycles. The van der Waals surface area contributed by atoms with E-state index in [0.29, 0.717) is 6.42 Å². The van der Waals surface area contributed by atoms with Gasteiger partial charge >= 0.3 is 5.97 Å². The minimum absolute atomic E-state index is 0.151. The zero-order chi connectivity index (χ0) is 15.0. The fraction of sp³-hybridized carbons (Fsp3) is 0.769. The van der Waals surface area contributed by atoms with Crippen LogP contribution in [0.15, 0.2) is 0 Å². The van der Waals surface area contributed by atoms with E-state index in [-0.39, 0.29) is 24.9 Å². The van der Waals surface area contributed by atoms with Crippen molar-refractivity contribution in [2.45, 2.75) is 46.6 Å². The second-order valence-electron chi connectivity index (χ2n) is 5.01. The maximum atomic E-state index is 11.6. The standard InChI is InChI=1S/C13H24N2O4/c1-5-19-13(18)9(4)7-10(12(14)17)15-11(16)6-8(2)3/h8-10H,5-7H2,1-4H3,(H2,14,17)(H,15,16)/t9-,10-/m1/s1. The van der Waals surface area contributed by atoms with Crippen LogP contribution in [0.4, 0.5) is 0 Å². The predicted octanol–water partition coefficient (Wildman–Crippen LogP) is 0.592. The molecule has 6 nitrogen and oxygen atoms in total. The van der Waals surface area contributed by atoms with Crippen LogP contribution in [-0.4, -0.2) is 30.4 Å². The first-order chi connectivity index (χ1) is 8.77. The Morgan fingerprint density at radius 2 is 1.79 bits per heavy atom. The van der Waals surface area contributed by atoms with E-state index in [2.05, 4.69) is 5.32 Å². The van der Waals surface area contributed by atoms with Gasteiger partial charge in [0.15, 0.2) is 0 Å². The first-order valence-electron chi connectivity index (χ1n) is 6.53. The average molecular weight is 272 g/mol. The van der Waals surface area contributed by atoms with Crippen molar-refractivity contribution in [3.63, 3.8) is 0 Å². The normalized spacial score (nSPS) is 13.7. The summed E-state index contributed by atoms with van der Waals surface area (Å²) in [5.41, 5.74) is 5.23. The van der Waals surface area contributed by atoms with E-state index in [9.17, 15) is 14.4 Å². The average Bonchev–Trinajstić information content (AvgIpc) is 2.26. The van der Waals surface area contributed by atoms with Crippen molar-refractivity contribution in [2.75, 3.05) is 6.61 Å². The van der Waals surface area contributed by atoms with E-state index in [0.717, 1.165) is 0 Å². The lowest BCUT2D eigenvalue weighted by molar-refractivity contribution is -0.148. The number of nitrogens with one attached hydrogen (secondary N) is 1. The first-order valence-corrected chi connectivity index (χ1v) is 6.53. The van der Waals surface area contributed by atoms with E-state index in [1.165, 1.54) is 0 Å². The highest BCUT2D eigenvalue weighted by atomic mass is 16.5. The molecule has 0 aliphatic heterocycles. The number of primary amides is 1. The van der Waals surface area contributed by atoms with Gasteiger partial charge in [-0.25, -0.2) is 0 Å². The molecular weight excluding hydrogens is 248 g/mol. The summed E-state index contributed by atoms with van der Waals surface area (Å²) in [6, 6.07) is -0.842. The number of esters is 1. The summed E-state index contributed by atoms with van der Waals surface area (Å²) in [5.74, 6) is -1.58. The van der Waals surface area contributed by atoms with E-state index >= 15 is 0 Å². The predicted molar refractivity (Wildman–Crippen MR) is 71.0 cm³/mol. The molecule has 0 aromatic rings. The quantitative estimate of drug-likeness (QED) is 0.632. The number of carbonyl (C=O) groups excluding carboxylic acids is 3. The Labute approximate surface area is 114 Å². The van der Waals surface area contributed by atoms with Gasteiger partial charge in [-0.05, 0) is 19.3 Å². The van der Waals surface area contributed by atoms with Crippen molar-refractivity contribution in [2.24, 2.45) is 17.6 Å². The number of ether oxygens (including phenoxy) is 1. The Morgan fingerprint density at radius 1 is 1.21 bits per heavy atom. The topological polar surface area (TPSA) is 98.5 Å². The molecule has 0 saturated heterocycles. The third-order valence-electron chi connectivity index (χ3n) is 2.55. The third kappa shape index (κ3) is 7.43. The van der Waals surface area contributed by atoms with Gasteiger partial charge in [0.25, 0.3) is 0 Å². The van der Waals surface area contributed by atoms with Crippen molar-refractivity contribution in [3.05, 3.63) is 0 Å². The molecule has 2 atom stereocenters. The summed E-state index contributed by atoms with van der Waals surface area (Å²) in [7, 11) is 0. The van der Waals surface area contributed by atoms with Crippen LogP contribution in [0.5, 0.6) is 0 Å². The number of nitrogens with two attached hydrogens (primary N) is 1. The fourth-order valence-electron chi connectivity index (χ4n) is 1.60. The molecule has 0 rings (SSSR count). The van der Waals surface area contributed by atoms with Crippen molar-refractivity contribution in [1.82, 2.24) is 5.32 Å². The summed E-state index contributed by atoms with van der Waals surface area (Å²) in [5, 5.41) is 2.55. The summed E-state index contributed by atoms with van der Waals surface area (Å²) >= 11 is 0. The number of rotatable bonds is 8. The molecule has 0 unspecified atom stereocenters. The monoisotopic (exact) mass is 272 g/mol. The van der Waals surface area contributed by atoms with Gasteiger partial charge in [0, 0.05) is 6.42 Å². The lowest BCUT2D eigenvalue weighted by atomic mass is 10.0. The number of amides is 2. The fourth-order valence-corrected chi connectivity index (χ4v) is 1.60. The van der Waals surface area contributed by atoms with Crippen LogP contribution < -0.4 is 11.1 Å². The largest absolute Gasteiger partial charge is 0.466 e. The van der Waals surface area contributed by atoms with E-state index < -0.39 is 23.8 Å². The zero-order valence-corrected chi connectivity index (χ0v) is 12.1. The van der Waals surface area contributed by atoms with Gasteiger partial charge in [-0.2, -0.15) is 0 Å². The van der Waals surface area contributed by atoms with Gasteiger partial charge in [0.2, 0.25) is 11.8 Å². The van der Waals surface area contributed by atoms with E-state index in [4.69, 9.17) is 10.5 Å². The second kappa shape index (κ2) is 8.50. The molecule has 0 aliphatic carbocycles. The number of hydrogen-bond acceptors (Lipinski definition) is 4. The van der Waals surface area contributed by atoms with Crippen LogP contribution in [0.3, 0.4) is 0 Å². The molecule has 110 valence electrons. The minimum Gasteiger partial charge on any atom is -0.466 e. The molecule has 0 aromatic heterocycles. The molecule has 0 aliphatic rings. The summed E-state index contributed by atoms with van der Waals surface area (Å²) in [4.78, 5) is 34.4. The Kier molecular flexibility index (Phi) is 7.79. The maximum Gasteiger partial charge on any atom is 0.308 e. The van der Waals surface area contributed by atoms with Crippen molar-refractivity contribution in [3.8, 4) is 0 Å². The maximum absolute atomic E-state index is 11.6. The molecule has 0 bridgehead atoms. The zero-order valence-electron chi connectivity index (χ0n) is 12.1. The third-order valence-corrected chi connectivity index (χ3v) is 2.55. The molecular formula is C13H24N2O4. The van der Waals surface area contributed by atoms with E-state index in [1.54, 1.807) is 13.8 Å². The molecule has 0 radical (unpaired) electrons. The highest BCUT2D eigenvalue weighted by Gasteiger charge is 2.25. The summed E-state index contributed by atoms with van der Waals surface area (Å²) < 4.78 is 4.85. The lowest BCUT2D eigenvalue weighted by Gasteiger charge is -2.19. The Hall–Kier alpha value is -1.59. The van der Waals surface area contributed by atoms with Gasteiger partial charge < -0.3 is 15.8 Å². The van der Waals surface area contributed by atoms with Gasteiger partial charge in [0.05, 0.1) is 12.5 Å². The highest BCUT2D eigenvalue weighted by Crippen LogP contribution is 2.09. The molecule has 3 N–H and O–H groups in total. The highest BCUT2D eigenvalue weighted by molar-refractivity contribution is 5.87. The molecule has 2 amide bonds. The lowest BCUT2D eigenvalue weighted by Crippen LogP contribution is -2.46. The molecule has 0 heterocycles. The number of carbonyl (C=O) groups is 3. The van der Waals surface area contributed by atoms with E-state index in [1.807, 2.05) is 13.8 Å². The Morgan fingerprint density at radius 3 is 2.21 bits per heavy atom. The number of hydrogen-bond donors (Lipinski definition) is 2. The van der Waals surface area contributed by atoms with Crippen LogP contribution >= 0.6 is 0 Å². The first kappa shape index (κ1) is 17.4. The molecule has 6 heteroatoms. The SMILES string of the molecule is CCOC(=O)[C@H](C)C[C@@H](NC(=O)CC(C)C)C(N)=O. The smallest absolute Gasteiger partial charge is 0.308 e. The van der Waals surface area contributed by atoms with Crippen LogP contribution in [0.2, 0.25) is 0 Å². The second-order valence-corrected chi connectivity index (χ2v) is 5.01. The minimum atomic E-state index is -0.842. The summed E-state index contributed by atoms with van der Waals surface area (Å²) in [6.07, 6.45) is 0.468. The van der Waals surface area contributed by atoms with Crippen molar-refractivity contribution < 1.29 is 19.1 Å². The Bertz CT molecular complexity index is 329. The van der Waals surface area contributed by atoms with Crippen LogP contribution in [0.25, 0.3) is 0 Å². The van der Waals surface area contributed by atoms with Crippen molar-refractivity contribution >= 4 is 17.8 Å². The van der Waals surface area contributed by atoms with Crippen LogP contribution in [0, 0.1) is 11.8 Å². The van der Waals surface area contributed by atoms with Gasteiger partial charge in [-0.3, -0.25) is 14.4 Å². The van der Waals surface area contributed by atoms with Gasteiger partial charge in [-0.1, -0.05) is 20.8 Å². The van der Waals surface area contributed by atoms with Gasteiger partial charge in [-0.15, -0.1) is 0 Å².